The zero-order chi connectivity index (χ0) is 22.0. The molecule has 7 nitrogen and oxygen atoms in total. The highest BCUT2D eigenvalue weighted by Gasteiger charge is 2.26. The van der Waals surface area contributed by atoms with Crippen LogP contribution in [0.2, 0.25) is 0 Å². The Balaban J connectivity index is 1.78. The Morgan fingerprint density at radius 2 is 1.71 bits per heavy atom. The molecule has 7 heteroatoms. The third-order valence-electron chi connectivity index (χ3n) is 5.63. The second-order valence-corrected chi connectivity index (χ2v) is 7.34. The van der Waals surface area contributed by atoms with Gasteiger partial charge in [-0.15, -0.1) is 0 Å². The van der Waals surface area contributed by atoms with E-state index in [1.807, 2.05) is 43.3 Å². The van der Waals surface area contributed by atoms with Crippen LogP contribution in [0.3, 0.4) is 0 Å². The smallest absolute Gasteiger partial charge is 0.161 e. The fourth-order valence-corrected chi connectivity index (χ4v) is 3.98. The lowest BCUT2D eigenvalue weighted by molar-refractivity contribution is 0.0396. The molecule has 160 valence electrons. The largest absolute Gasteiger partial charge is 0.497 e. The topological polar surface area (TPSA) is 76.8 Å². The molecule has 1 aromatic heterocycles. The van der Waals surface area contributed by atoms with Gasteiger partial charge >= 0.3 is 0 Å². The van der Waals surface area contributed by atoms with Gasteiger partial charge in [0.2, 0.25) is 0 Å². The summed E-state index contributed by atoms with van der Waals surface area (Å²) < 4.78 is 22.3. The second-order valence-electron chi connectivity index (χ2n) is 7.34. The van der Waals surface area contributed by atoms with Gasteiger partial charge in [0.25, 0.3) is 0 Å². The first-order chi connectivity index (χ1) is 15.1. The van der Waals surface area contributed by atoms with E-state index in [0.29, 0.717) is 42.5 Å². The number of benzene rings is 2. The molecule has 2 aromatic carbocycles. The molecular formula is C24H25N3O4. The number of methoxy groups -OCH3 is 3. The first-order valence-corrected chi connectivity index (χ1v) is 10.1. The van der Waals surface area contributed by atoms with Gasteiger partial charge in [0.05, 0.1) is 39.2 Å². The Kier molecular flexibility index (Phi) is 5.83. The van der Waals surface area contributed by atoms with E-state index in [2.05, 4.69) is 11.0 Å². The lowest BCUT2D eigenvalue weighted by Crippen LogP contribution is -2.39. The first-order valence-electron chi connectivity index (χ1n) is 10.1. The Hall–Kier alpha value is -3.50. The van der Waals surface area contributed by atoms with Gasteiger partial charge in [-0.05, 0) is 36.8 Å². The summed E-state index contributed by atoms with van der Waals surface area (Å²) in [5.74, 6) is 2.81. The van der Waals surface area contributed by atoms with Gasteiger partial charge in [-0.2, -0.15) is 5.26 Å². The van der Waals surface area contributed by atoms with Crippen molar-refractivity contribution in [2.24, 2.45) is 0 Å². The maximum absolute atomic E-state index is 9.74. The van der Waals surface area contributed by atoms with Gasteiger partial charge in [0.1, 0.15) is 23.7 Å². The number of nitriles is 1. The molecule has 1 saturated heterocycles. The van der Waals surface area contributed by atoms with Gasteiger partial charge in [-0.1, -0.05) is 12.1 Å². The summed E-state index contributed by atoms with van der Waals surface area (Å²) in [5.41, 5.74) is 2.31. The average Bonchev–Trinajstić information content (AvgIpc) is 2.82. The minimum atomic E-state index is -0.0902. The molecule has 1 atom stereocenters. The van der Waals surface area contributed by atoms with Gasteiger partial charge in [0.15, 0.2) is 11.5 Å². The van der Waals surface area contributed by atoms with Crippen molar-refractivity contribution in [3.8, 4) is 23.3 Å². The second kappa shape index (κ2) is 8.70. The molecule has 4 rings (SSSR count). The van der Waals surface area contributed by atoms with Crippen LogP contribution in [-0.4, -0.2) is 46.0 Å². The summed E-state index contributed by atoms with van der Waals surface area (Å²) in [7, 11) is 4.85. The summed E-state index contributed by atoms with van der Waals surface area (Å²) in [6.45, 7) is 3.79. The highest BCUT2D eigenvalue weighted by molar-refractivity contribution is 5.98. The molecule has 1 aliphatic rings. The SMILES string of the molecule is COc1ccc(C2CN(c3nc(C)c(C#N)c4cc(OC)c(OC)cc34)CCO2)cc1. The van der Waals surface area contributed by atoms with Crippen LogP contribution >= 0.6 is 0 Å². The van der Waals surface area contributed by atoms with Crippen LogP contribution in [0, 0.1) is 18.3 Å². The zero-order valence-corrected chi connectivity index (χ0v) is 18.1. The van der Waals surface area contributed by atoms with Crippen LogP contribution < -0.4 is 19.1 Å². The number of hydrogen-bond donors (Lipinski definition) is 0. The summed E-state index contributed by atoms with van der Waals surface area (Å²) in [6, 6.07) is 14.0. The normalized spacial score (nSPS) is 16.1. The summed E-state index contributed by atoms with van der Waals surface area (Å²) in [4.78, 5) is 7.02. The van der Waals surface area contributed by atoms with E-state index in [4.69, 9.17) is 23.9 Å². The van der Waals surface area contributed by atoms with Crippen molar-refractivity contribution in [2.75, 3.05) is 45.9 Å². The van der Waals surface area contributed by atoms with Gasteiger partial charge < -0.3 is 23.8 Å². The number of pyridine rings is 1. The highest BCUT2D eigenvalue weighted by Crippen LogP contribution is 2.39. The quantitative estimate of drug-likeness (QED) is 0.618. The summed E-state index contributed by atoms with van der Waals surface area (Å²) >= 11 is 0. The summed E-state index contributed by atoms with van der Waals surface area (Å²) in [5, 5.41) is 11.4. The van der Waals surface area contributed by atoms with Crippen molar-refractivity contribution in [1.29, 1.82) is 5.26 Å². The Bertz CT molecular complexity index is 1140. The number of anilines is 1. The molecule has 3 aromatic rings. The van der Waals surface area contributed by atoms with E-state index >= 15 is 0 Å². The van der Waals surface area contributed by atoms with Crippen LogP contribution in [-0.2, 0) is 4.74 Å². The molecule has 2 heterocycles. The van der Waals surface area contributed by atoms with Crippen LogP contribution in [0.1, 0.15) is 22.9 Å². The number of morpholine rings is 1. The van der Waals surface area contributed by atoms with Gasteiger partial charge in [-0.25, -0.2) is 4.98 Å². The van der Waals surface area contributed by atoms with Gasteiger partial charge in [-0.3, -0.25) is 0 Å². The number of nitrogens with zero attached hydrogens (tertiary/aromatic N) is 3. The maximum atomic E-state index is 9.74. The predicted octanol–water partition coefficient (Wildman–Crippen LogP) is 4.02. The fourth-order valence-electron chi connectivity index (χ4n) is 3.98. The van der Waals surface area contributed by atoms with Crippen LogP contribution in [0.4, 0.5) is 5.82 Å². The number of aryl methyl sites for hydroxylation is 1. The third-order valence-corrected chi connectivity index (χ3v) is 5.63. The molecule has 1 unspecified atom stereocenters. The first kappa shape index (κ1) is 20.8. The molecule has 0 spiro atoms. The third kappa shape index (κ3) is 3.82. The number of fused-ring (bicyclic) bond motifs is 1. The molecule has 31 heavy (non-hydrogen) atoms. The fraction of sp³-hybridized carbons (Fsp3) is 0.333. The molecule has 0 radical (unpaired) electrons. The highest BCUT2D eigenvalue weighted by atomic mass is 16.5. The molecule has 0 aliphatic carbocycles. The minimum Gasteiger partial charge on any atom is -0.497 e. The molecule has 0 amide bonds. The van der Waals surface area contributed by atoms with E-state index in [1.165, 1.54) is 0 Å². The lowest BCUT2D eigenvalue weighted by Gasteiger charge is -2.35. The monoisotopic (exact) mass is 419 g/mol. The van der Waals surface area contributed by atoms with E-state index < -0.39 is 0 Å². The van der Waals surface area contributed by atoms with Crippen molar-refractivity contribution >= 4 is 16.6 Å². The number of aromatic nitrogens is 1. The number of rotatable bonds is 5. The van der Waals surface area contributed by atoms with Crippen LogP contribution in [0.25, 0.3) is 10.8 Å². The van der Waals surface area contributed by atoms with Crippen molar-refractivity contribution in [3.05, 3.63) is 53.2 Å². The minimum absolute atomic E-state index is 0.0902. The standard InChI is InChI=1S/C24H25N3O4/c1-15-20(13-25)18-11-21(29-3)22(30-4)12-19(18)24(26-15)27-9-10-31-23(14-27)16-5-7-17(28-2)8-6-16/h5-8,11-12,23H,9-10,14H2,1-4H3. The van der Waals surface area contributed by atoms with E-state index in [0.717, 1.165) is 27.9 Å². The van der Waals surface area contributed by atoms with Crippen molar-refractivity contribution in [3.63, 3.8) is 0 Å². The van der Waals surface area contributed by atoms with Crippen LogP contribution in [0.5, 0.6) is 17.2 Å². The average molecular weight is 419 g/mol. The molecule has 1 fully saturated rings. The van der Waals surface area contributed by atoms with Crippen molar-refractivity contribution in [2.45, 2.75) is 13.0 Å². The number of hydrogen-bond acceptors (Lipinski definition) is 7. The molecule has 0 bridgehead atoms. The molecular weight excluding hydrogens is 394 g/mol. The van der Waals surface area contributed by atoms with Crippen molar-refractivity contribution in [1.82, 2.24) is 4.98 Å². The number of ether oxygens (including phenoxy) is 4. The van der Waals surface area contributed by atoms with Crippen molar-refractivity contribution < 1.29 is 18.9 Å². The molecule has 0 saturated carbocycles. The lowest BCUT2D eigenvalue weighted by atomic mass is 10.0. The van der Waals surface area contributed by atoms with E-state index in [1.54, 1.807) is 21.3 Å². The van der Waals surface area contributed by atoms with Gasteiger partial charge in [0, 0.05) is 23.9 Å². The maximum Gasteiger partial charge on any atom is 0.161 e. The Labute approximate surface area is 181 Å². The zero-order valence-electron chi connectivity index (χ0n) is 18.1. The summed E-state index contributed by atoms with van der Waals surface area (Å²) in [6.07, 6.45) is -0.0902. The molecule has 1 aliphatic heterocycles. The predicted molar refractivity (Wildman–Crippen MR) is 118 cm³/mol. The molecule has 0 N–H and O–H groups in total. The van der Waals surface area contributed by atoms with E-state index in [9.17, 15) is 5.26 Å². The Morgan fingerprint density at radius 3 is 2.32 bits per heavy atom. The Morgan fingerprint density at radius 1 is 1.03 bits per heavy atom. The van der Waals surface area contributed by atoms with Crippen LogP contribution in [0.15, 0.2) is 36.4 Å². The van der Waals surface area contributed by atoms with E-state index in [-0.39, 0.29) is 6.10 Å².